The number of ketones is 1. The van der Waals surface area contributed by atoms with Gasteiger partial charge in [-0.1, -0.05) is 13.8 Å². The molecular formula is C21H32O3. The molecular weight excluding hydrogens is 300 g/mol. The molecule has 0 saturated heterocycles. The van der Waals surface area contributed by atoms with Crippen LogP contribution < -0.4 is 0 Å². The molecule has 4 fully saturated rings. The van der Waals surface area contributed by atoms with E-state index in [0.717, 1.165) is 32.1 Å². The highest BCUT2D eigenvalue weighted by Gasteiger charge is 2.62. The van der Waals surface area contributed by atoms with Crippen molar-refractivity contribution in [3.8, 4) is 0 Å². The molecule has 0 amide bonds. The van der Waals surface area contributed by atoms with Crippen molar-refractivity contribution >= 4 is 11.8 Å². The number of carbonyl (C=O) groups excluding carboxylic acids is 2. The summed E-state index contributed by atoms with van der Waals surface area (Å²) in [4.78, 5) is 24.4. The third kappa shape index (κ3) is 2.15. The summed E-state index contributed by atoms with van der Waals surface area (Å²) in [5.41, 5.74) is 0.0652. The Bertz CT molecular complexity index is 555. The van der Waals surface area contributed by atoms with Crippen LogP contribution in [0, 0.1) is 34.5 Å². The predicted octanol–water partition coefficient (Wildman–Crippen LogP) is 4.53. The number of fused-ring (bicyclic) bond motifs is 5. The Morgan fingerprint density at radius 3 is 2.58 bits per heavy atom. The number of rotatable bonds is 1. The Morgan fingerprint density at radius 1 is 1.04 bits per heavy atom. The molecule has 0 radical (unpaired) electrons. The molecule has 4 rings (SSSR count). The lowest BCUT2D eigenvalue weighted by molar-refractivity contribution is -0.165. The van der Waals surface area contributed by atoms with Gasteiger partial charge in [-0.05, 0) is 75.0 Å². The lowest BCUT2D eigenvalue weighted by Crippen LogP contribution is -2.56. The molecule has 0 aromatic carbocycles. The largest absolute Gasteiger partial charge is 0.462 e. The Kier molecular flexibility index (Phi) is 3.85. The van der Waals surface area contributed by atoms with Crippen LogP contribution in [0.25, 0.3) is 0 Å². The van der Waals surface area contributed by atoms with Gasteiger partial charge in [-0.2, -0.15) is 0 Å². The molecule has 0 spiro atoms. The lowest BCUT2D eigenvalue weighted by Gasteiger charge is -2.59. The SMILES string of the molecule is CC(=O)O[C@@H]1CC[C@H]2[C@@H]3CC[C@@H]4CCCC(=O)[C@]4(C)[C@H]3CC[C@]12C. The van der Waals surface area contributed by atoms with Crippen molar-refractivity contribution in [2.75, 3.05) is 0 Å². The van der Waals surface area contributed by atoms with Crippen molar-refractivity contribution in [3.63, 3.8) is 0 Å². The van der Waals surface area contributed by atoms with Crippen LogP contribution in [0.5, 0.6) is 0 Å². The van der Waals surface area contributed by atoms with Crippen LogP contribution in [0.4, 0.5) is 0 Å². The van der Waals surface area contributed by atoms with Gasteiger partial charge in [-0.3, -0.25) is 9.59 Å². The van der Waals surface area contributed by atoms with Crippen molar-refractivity contribution < 1.29 is 14.3 Å². The number of Topliss-reactive ketones (excluding diaryl/α,β-unsaturated/α-hetero) is 1. The molecule has 4 aliphatic carbocycles. The second-order valence-corrected chi connectivity index (χ2v) is 9.47. The van der Waals surface area contributed by atoms with Gasteiger partial charge in [0.2, 0.25) is 0 Å². The van der Waals surface area contributed by atoms with Crippen LogP contribution in [0.2, 0.25) is 0 Å². The predicted molar refractivity (Wildman–Crippen MR) is 92.3 cm³/mol. The molecule has 0 aliphatic heterocycles. The monoisotopic (exact) mass is 332 g/mol. The van der Waals surface area contributed by atoms with Crippen molar-refractivity contribution in [2.24, 2.45) is 34.5 Å². The van der Waals surface area contributed by atoms with E-state index in [4.69, 9.17) is 4.74 Å². The number of ether oxygens (including phenoxy) is 1. The van der Waals surface area contributed by atoms with Crippen LogP contribution in [-0.2, 0) is 14.3 Å². The van der Waals surface area contributed by atoms with Gasteiger partial charge >= 0.3 is 5.97 Å². The van der Waals surface area contributed by atoms with Crippen molar-refractivity contribution in [1.82, 2.24) is 0 Å². The number of carbonyl (C=O) groups is 2. The van der Waals surface area contributed by atoms with E-state index >= 15 is 0 Å². The molecule has 4 saturated carbocycles. The lowest BCUT2D eigenvalue weighted by atomic mass is 9.45. The Balaban J connectivity index is 1.62. The van der Waals surface area contributed by atoms with Crippen molar-refractivity contribution in [3.05, 3.63) is 0 Å². The van der Waals surface area contributed by atoms with Gasteiger partial charge in [0.15, 0.2) is 0 Å². The minimum Gasteiger partial charge on any atom is -0.462 e. The Hall–Kier alpha value is -0.860. The van der Waals surface area contributed by atoms with Gasteiger partial charge in [-0.25, -0.2) is 0 Å². The maximum Gasteiger partial charge on any atom is 0.302 e. The highest BCUT2D eigenvalue weighted by atomic mass is 16.5. The molecule has 7 atom stereocenters. The fourth-order valence-corrected chi connectivity index (χ4v) is 7.43. The summed E-state index contributed by atoms with van der Waals surface area (Å²) in [6, 6.07) is 0. The molecule has 0 heterocycles. The molecule has 24 heavy (non-hydrogen) atoms. The van der Waals surface area contributed by atoms with E-state index in [-0.39, 0.29) is 22.9 Å². The van der Waals surface area contributed by atoms with E-state index < -0.39 is 0 Å². The quantitative estimate of drug-likeness (QED) is 0.663. The van der Waals surface area contributed by atoms with Gasteiger partial charge in [0, 0.05) is 24.2 Å². The molecule has 134 valence electrons. The minimum atomic E-state index is -0.137. The summed E-state index contributed by atoms with van der Waals surface area (Å²) >= 11 is 0. The standard InChI is InChI=1S/C21H32O3/c1-13(22)24-19-10-9-16-15-8-7-14-5-4-6-18(23)21(14,3)17(15)11-12-20(16,19)2/h14-17,19H,4-12H2,1-3H3/t14-,15-,16-,17-,19+,20-,21-/m0/s1. The highest BCUT2D eigenvalue weighted by molar-refractivity contribution is 5.86. The van der Waals surface area contributed by atoms with E-state index in [1.807, 2.05) is 0 Å². The average Bonchev–Trinajstić information content (AvgIpc) is 2.85. The summed E-state index contributed by atoms with van der Waals surface area (Å²) in [6.07, 6.45) is 10.2. The fourth-order valence-electron chi connectivity index (χ4n) is 7.43. The summed E-state index contributed by atoms with van der Waals surface area (Å²) < 4.78 is 5.71. The first kappa shape index (κ1) is 16.6. The van der Waals surface area contributed by atoms with Crippen molar-refractivity contribution in [2.45, 2.75) is 84.7 Å². The smallest absolute Gasteiger partial charge is 0.302 e. The van der Waals surface area contributed by atoms with Crippen LogP contribution in [0.15, 0.2) is 0 Å². The molecule has 0 unspecified atom stereocenters. The first-order chi connectivity index (χ1) is 11.4. The minimum absolute atomic E-state index is 0.0674. The summed E-state index contributed by atoms with van der Waals surface area (Å²) in [6.45, 7) is 6.19. The second kappa shape index (κ2) is 5.57. The van der Waals surface area contributed by atoms with Gasteiger partial charge in [0.1, 0.15) is 11.9 Å². The molecule has 3 nitrogen and oxygen atoms in total. The third-order valence-corrected chi connectivity index (χ3v) is 8.68. The van der Waals surface area contributed by atoms with E-state index in [1.54, 1.807) is 0 Å². The molecule has 0 aromatic heterocycles. The van der Waals surface area contributed by atoms with Gasteiger partial charge in [-0.15, -0.1) is 0 Å². The zero-order valence-corrected chi connectivity index (χ0v) is 15.5. The van der Waals surface area contributed by atoms with Gasteiger partial charge < -0.3 is 4.74 Å². The van der Waals surface area contributed by atoms with Crippen LogP contribution in [0.3, 0.4) is 0 Å². The van der Waals surface area contributed by atoms with Crippen LogP contribution in [-0.4, -0.2) is 17.9 Å². The zero-order chi connectivity index (χ0) is 17.1. The maximum absolute atomic E-state index is 12.9. The van der Waals surface area contributed by atoms with Crippen LogP contribution in [0.1, 0.15) is 78.6 Å². The second-order valence-electron chi connectivity index (χ2n) is 9.47. The number of hydrogen-bond donors (Lipinski definition) is 0. The Morgan fingerprint density at radius 2 is 1.83 bits per heavy atom. The molecule has 0 N–H and O–H groups in total. The molecule has 4 aliphatic rings. The number of esters is 1. The van der Waals surface area contributed by atoms with Gasteiger partial charge in [0.25, 0.3) is 0 Å². The molecule has 0 bridgehead atoms. The van der Waals surface area contributed by atoms with Crippen LogP contribution >= 0.6 is 0 Å². The third-order valence-electron chi connectivity index (χ3n) is 8.68. The summed E-state index contributed by atoms with van der Waals surface area (Å²) in [7, 11) is 0. The van der Waals surface area contributed by atoms with E-state index in [1.165, 1.54) is 32.6 Å². The topological polar surface area (TPSA) is 43.4 Å². The van der Waals surface area contributed by atoms with Crippen molar-refractivity contribution in [1.29, 1.82) is 0 Å². The first-order valence-corrected chi connectivity index (χ1v) is 10.1. The first-order valence-electron chi connectivity index (χ1n) is 10.1. The summed E-state index contributed by atoms with van der Waals surface area (Å²) in [5, 5.41) is 0. The molecule has 0 aromatic rings. The maximum atomic E-state index is 12.9. The average molecular weight is 332 g/mol. The fraction of sp³-hybridized carbons (Fsp3) is 0.905. The Labute approximate surface area is 145 Å². The van der Waals surface area contributed by atoms with E-state index in [0.29, 0.717) is 29.5 Å². The normalized spacial score (nSPS) is 50.6. The van der Waals surface area contributed by atoms with Gasteiger partial charge in [0.05, 0.1) is 0 Å². The number of hydrogen-bond acceptors (Lipinski definition) is 3. The summed E-state index contributed by atoms with van der Waals surface area (Å²) in [5.74, 6) is 2.89. The van der Waals surface area contributed by atoms with E-state index in [9.17, 15) is 9.59 Å². The van der Waals surface area contributed by atoms with E-state index in [2.05, 4.69) is 13.8 Å². The zero-order valence-electron chi connectivity index (χ0n) is 15.5. The molecule has 3 heteroatoms. The highest BCUT2D eigenvalue weighted by Crippen LogP contribution is 2.65.